The van der Waals surface area contributed by atoms with Crippen molar-refractivity contribution in [1.82, 2.24) is 15.2 Å². The zero-order valence-corrected chi connectivity index (χ0v) is 22.3. The molecule has 3 saturated heterocycles. The van der Waals surface area contributed by atoms with E-state index in [2.05, 4.69) is 10.3 Å². The highest BCUT2D eigenvalue weighted by atomic mass is 32.1. The number of fused-ring (bicyclic) bond motifs is 3. The second-order valence-corrected chi connectivity index (χ2v) is 11.6. The molecule has 2 atom stereocenters. The van der Waals surface area contributed by atoms with E-state index >= 15 is 0 Å². The second-order valence-electron chi connectivity index (χ2n) is 10.7. The van der Waals surface area contributed by atoms with Gasteiger partial charge in [0.05, 0.1) is 30.4 Å². The molecule has 8 nitrogen and oxygen atoms in total. The number of carbonyl (C=O) groups is 2. The molecule has 4 aliphatic rings. The smallest absolute Gasteiger partial charge is 0.408 e. The number of thiazole rings is 1. The summed E-state index contributed by atoms with van der Waals surface area (Å²) in [7, 11) is 0. The van der Waals surface area contributed by atoms with Crippen molar-refractivity contribution >= 4 is 23.3 Å². The predicted molar refractivity (Wildman–Crippen MR) is 140 cm³/mol. The van der Waals surface area contributed by atoms with Crippen LogP contribution in [0.25, 0.3) is 0 Å². The predicted octanol–water partition coefficient (Wildman–Crippen LogP) is 4.51. The first kappa shape index (κ1) is 26.1. The van der Waals surface area contributed by atoms with Crippen LogP contribution in [0.2, 0.25) is 0 Å². The van der Waals surface area contributed by atoms with Crippen LogP contribution >= 0.6 is 11.3 Å². The van der Waals surface area contributed by atoms with Crippen molar-refractivity contribution in [3.63, 3.8) is 0 Å². The van der Waals surface area contributed by atoms with Crippen molar-refractivity contribution < 1.29 is 23.8 Å². The summed E-state index contributed by atoms with van der Waals surface area (Å²) < 4.78 is 17.7. The quantitative estimate of drug-likeness (QED) is 0.516. The van der Waals surface area contributed by atoms with Gasteiger partial charge in [-0.2, -0.15) is 0 Å². The molecular formula is C28H37N3O5S. The number of rotatable bonds is 9. The number of benzene rings is 1. The van der Waals surface area contributed by atoms with Crippen molar-refractivity contribution in [3.05, 3.63) is 52.5 Å². The molecule has 3 aliphatic heterocycles. The molecule has 1 aromatic carbocycles. The Hall–Kier alpha value is -2.49. The van der Waals surface area contributed by atoms with Gasteiger partial charge in [0.25, 0.3) is 0 Å². The Balaban J connectivity index is 1.21. The van der Waals surface area contributed by atoms with Crippen molar-refractivity contribution in [2.24, 2.45) is 5.41 Å². The first-order valence-electron chi connectivity index (χ1n) is 13.4. The largest absolute Gasteiger partial charge is 0.445 e. The summed E-state index contributed by atoms with van der Waals surface area (Å²) in [4.78, 5) is 32.8. The molecule has 0 radical (unpaired) electrons. The van der Waals surface area contributed by atoms with Gasteiger partial charge >= 0.3 is 6.09 Å². The van der Waals surface area contributed by atoms with E-state index in [0.717, 1.165) is 49.1 Å². The van der Waals surface area contributed by atoms with Crippen LogP contribution in [0.1, 0.15) is 61.9 Å². The number of amides is 2. The zero-order valence-electron chi connectivity index (χ0n) is 21.5. The zero-order chi connectivity index (χ0) is 25.7. The van der Waals surface area contributed by atoms with Gasteiger partial charge in [0.15, 0.2) is 0 Å². The Morgan fingerprint density at radius 3 is 2.59 bits per heavy atom. The Morgan fingerprint density at radius 2 is 1.95 bits per heavy atom. The molecule has 2 aromatic rings. The fraction of sp³-hybridized carbons (Fsp3) is 0.607. The van der Waals surface area contributed by atoms with E-state index in [1.165, 1.54) is 0 Å². The Labute approximate surface area is 222 Å². The lowest BCUT2D eigenvalue weighted by molar-refractivity contribution is -0.156. The van der Waals surface area contributed by atoms with Crippen LogP contribution in [-0.2, 0) is 25.6 Å². The Morgan fingerprint density at radius 1 is 1.19 bits per heavy atom. The summed E-state index contributed by atoms with van der Waals surface area (Å²) in [6.45, 7) is 4.51. The molecule has 1 aliphatic carbocycles. The fourth-order valence-corrected chi connectivity index (χ4v) is 6.46. The molecular weight excluding hydrogens is 490 g/mol. The standard InChI is InChI=1S/C28H37N3O5S/c1-20(35-18-28-11-7-23(8-12-28)36-19-28)24(30-27(33)34-17-21-5-3-2-4-6-21)26(32)31-14-9-22(10-15-31)25-29-13-16-37-25/h2-6,13,16,20,22-24H,7-12,14-15,17-19H2,1H3,(H,30,33)/t20-,23?,24+,28?/m1/s1. The maximum Gasteiger partial charge on any atom is 0.408 e. The van der Waals surface area contributed by atoms with Crippen molar-refractivity contribution in [1.29, 1.82) is 0 Å². The van der Waals surface area contributed by atoms with Gasteiger partial charge in [0.1, 0.15) is 12.6 Å². The first-order valence-corrected chi connectivity index (χ1v) is 14.3. The molecule has 0 unspecified atom stereocenters. The van der Waals surface area contributed by atoms with Gasteiger partial charge < -0.3 is 24.4 Å². The highest BCUT2D eigenvalue weighted by Gasteiger charge is 2.43. The molecule has 4 fully saturated rings. The number of hydrogen-bond donors (Lipinski definition) is 1. The normalized spacial score (nSPS) is 25.4. The summed E-state index contributed by atoms with van der Waals surface area (Å²) in [5, 5.41) is 5.96. The minimum Gasteiger partial charge on any atom is -0.445 e. The van der Waals surface area contributed by atoms with Crippen LogP contribution in [-0.4, -0.2) is 66.4 Å². The Kier molecular flexibility index (Phi) is 8.42. The van der Waals surface area contributed by atoms with Gasteiger partial charge in [-0.25, -0.2) is 9.78 Å². The van der Waals surface area contributed by atoms with Crippen molar-refractivity contribution in [2.45, 2.75) is 76.2 Å². The van der Waals surface area contributed by atoms with Gasteiger partial charge in [-0.1, -0.05) is 30.3 Å². The average molecular weight is 528 g/mol. The summed E-state index contributed by atoms with van der Waals surface area (Å²) in [5.41, 5.74) is 0.900. The number of hydrogen-bond acceptors (Lipinski definition) is 7. The van der Waals surface area contributed by atoms with Crippen LogP contribution in [0.15, 0.2) is 41.9 Å². The number of ether oxygens (including phenoxy) is 3. The van der Waals surface area contributed by atoms with E-state index in [-0.39, 0.29) is 17.9 Å². The van der Waals surface area contributed by atoms with Crippen molar-refractivity contribution in [3.8, 4) is 0 Å². The van der Waals surface area contributed by atoms with Crippen LogP contribution in [0.5, 0.6) is 0 Å². The highest BCUT2D eigenvalue weighted by Crippen LogP contribution is 2.43. The van der Waals surface area contributed by atoms with Gasteiger partial charge in [0, 0.05) is 36.0 Å². The molecule has 4 heterocycles. The molecule has 200 valence electrons. The minimum atomic E-state index is -0.822. The number of nitrogens with zero attached hydrogens (tertiary/aromatic N) is 2. The number of aromatic nitrogens is 1. The molecule has 0 spiro atoms. The highest BCUT2D eigenvalue weighted by molar-refractivity contribution is 7.09. The lowest BCUT2D eigenvalue weighted by Gasteiger charge is -2.46. The summed E-state index contributed by atoms with van der Waals surface area (Å²) >= 11 is 1.67. The topological polar surface area (TPSA) is 90.0 Å². The maximum absolute atomic E-state index is 13.7. The van der Waals surface area contributed by atoms with Gasteiger partial charge in [0.2, 0.25) is 5.91 Å². The van der Waals surface area contributed by atoms with Gasteiger partial charge in [-0.3, -0.25) is 4.79 Å². The van der Waals surface area contributed by atoms with Crippen LogP contribution in [0.4, 0.5) is 4.79 Å². The van der Waals surface area contributed by atoms with E-state index in [1.807, 2.05) is 53.7 Å². The molecule has 1 saturated carbocycles. The number of likely N-dealkylation sites (tertiary alicyclic amines) is 1. The van der Waals surface area contributed by atoms with Gasteiger partial charge in [-0.15, -0.1) is 11.3 Å². The molecule has 2 bridgehead atoms. The summed E-state index contributed by atoms with van der Waals surface area (Å²) in [6, 6.07) is 8.69. The van der Waals surface area contributed by atoms with Crippen LogP contribution in [0, 0.1) is 5.41 Å². The second kappa shape index (κ2) is 11.9. The number of piperidine rings is 1. The molecule has 6 rings (SSSR count). The maximum atomic E-state index is 13.7. The third-order valence-corrected chi connectivity index (χ3v) is 9.04. The average Bonchev–Trinajstić information content (AvgIpc) is 3.50. The van der Waals surface area contributed by atoms with E-state index < -0.39 is 18.2 Å². The third kappa shape index (κ3) is 6.51. The SMILES string of the molecule is C[C@@H](OCC12CCC(CC1)OC2)[C@H](NC(=O)OCc1ccccc1)C(=O)N1CCC(c2nccs2)CC1. The first-order chi connectivity index (χ1) is 18.0. The molecule has 37 heavy (non-hydrogen) atoms. The summed E-state index contributed by atoms with van der Waals surface area (Å²) in [6.07, 6.45) is 7.14. The molecule has 1 N–H and O–H groups in total. The fourth-order valence-electron chi connectivity index (χ4n) is 5.65. The van der Waals surface area contributed by atoms with E-state index in [0.29, 0.717) is 38.3 Å². The third-order valence-electron chi connectivity index (χ3n) is 8.10. The summed E-state index contributed by atoms with van der Waals surface area (Å²) in [5.74, 6) is 0.253. The van der Waals surface area contributed by atoms with Crippen molar-refractivity contribution in [2.75, 3.05) is 26.3 Å². The lowest BCUT2D eigenvalue weighted by Crippen LogP contribution is -2.56. The van der Waals surface area contributed by atoms with Gasteiger partial charge in [-0.05, 0) is 51.0 Å². The number of nitrogens with one attached hydrogen (secondary N) is 1. The van der Waals surface area contributed by atoms with E-state index in [9.17, 15) is 9.59 Å². The molecule has 2 amide bonds. The molecule has 1 aromatic heterocycles. The number of carbonyl (C=O) groups excluding carboxylic acids is 2. The van der Waals surface area contributed by atoms with Crippen LogP contribution in [0.3, 0.4) is 0 Å². The Bertz CT molecular complexity index is 1000. The minimum absolute atomic E-state index is 0.0104. The van der Waals surface area contributed by atoms with Crippen LogP contribution < -0.4 is 5.32 Å². The van der Waals surface area contributed by atoms with E-state index in [1.54, 1.807) is 11.3 Å². The van der Waals surface area contributed by atoms with E-state index in [4.69, 9.17) is 14.2 Å². The lowest BCUT2D eigenvalue weighted by atomic mass is 9.72. The molecule has 9 heteroatoms. The number of alkyl carbamates (subject to hydrolysis) is 1. The monoisotopic (exact) mass is 527 g/mol.